The number of nitrogens with two attached hydrogens (primary N) is 1. The fourth-order valence-electron chi connectivity index (χ4n) is 4.13. The molecule has 0 fully saturated rings. The third-order valence-electron chi connectivity index (χ3n) is 5.48. The van der Waals surface area contributed by atoms with Gasteiger partial charge in [0.15, 0.2) is 0 Å². The molecule has 2 heteroatoms. The fraction of sp³-hybridized carbons (Fsp3) is 0.739. The Hall–Kier alpha value is -0.860. The Bertz CT molecular complexity index is 398. The van der Waals surface area contributed by atoms with Crippen molar-refractivity contribution in [2.75, 3.05) is 0 Å². The summed E-state index contributed by atoms with van der Waals surface area (Å²) in [4.78, 5) is 0. The molecule has 1 aromatic rings. The first-order chi connectivity index (χ1) is 11.7. The molecule has 0 saturated carbocycles. The first-order valence-electron chi connectivity index (χ1n) is 10.5. The minimum Gasteiger partial charge on any atom is -0.412 e. The van der Waals surface area contributed by atoms with Gasteiger partial charge in [-0.15, -0.1) is 0 Å². The third kappa shape index (κ3) is 9.42. The Morgan fingerprint density at radius 2 is 1.36 bits per heavy atom. The molecule has 0 aliphatic heterocycles. The lowest BCUT2D eigenvalue weighted by atomic mass is 9.72. The lowest BCUT2D eigenvalue weighted by Gasteiger charge is -2.38. The average Bonchev–Trinajstić information content (AvgIpc) is 2.58. The van der Waals surface area contributed by atoms with E-state index in [1.165, 1.54) is 63.4 Å². The molecule has 0 aliphatic carbocycles. The summed E-state index contributed by atoms with van der Waals surface area (Å²) >= 11 is 0. The largest absolute Gasteiger partial charge is 0.412 e. The number of unbranched alkanes of at least 4 members (excludes halogenated alkanes) is 5. The summed E-state index contributed by atoms with van der Waals surface area (Å²) in [6.07, 6.45) is 15.4. The van der Waals surface area contributed by atoms with Gasteiger partial charge in [0.05, 0.1) is 0 Å². The summed E-state index contributed by atoms with van der Waals surface area (Å²) in [6.45, 7) is 6.84. The van der Waals surface area contributed by atoms with E-state index >= 15 is 0 Å². The van der Waals surface area contributed by atoms with Crippen LogP contribution in [0.15, 0.2) is 30.3 Å². The van der Waals surface area contributed by atoms with Crippen LogP contribution in [0.25, 0.3) is 0 Å². The van der Waals surface area contributed by atoms with E-state index in [0.29, 0.717) is 5.92 Å². The van der Waals surface area contributed by atoms with Gasteiger partial charge in [0.2, 0.25) is 0 Å². The zero-order valence-corrected chi connectivity index (χ0v) is 17.0. The van der Waals surface area contributed by atoms with Crippen molar-refractivity contribution >= 4 is 0 Å². The number of hydrogen-bond acceptors (Lipinski definition) is 1. The molecule has 0 bridgehead atoms. The van der Waals surface area contributed by atoms with Crippen molar-refractivity contribution in [3.8, 4) is 0 Å². The van der Waals surface area contributed by atoms with Crippen molar-refractivity contribution in [1.29, 1.82) is 0 Å². The Morgan fingerprint density at radius 1 is 0.800 bits per heavy atom. The van der Waals surface area contributed by atoms with E-state index < -0.39 is 0 Å². The molecule has 1 atom stereocenters. The van der Waals surface area contributed by atoms with E-state index in [0.717, 1.165) is 19.3 Å². The number of benzene rings is 1. The van der Waals surface area contributed by atoms with E-state index in [9.17, 15) is 0 Å². The second kappa shape index (κ2) is 14.3. The predicted octanol–water partition coefficient (Wildman–Crippen LogP) is 6.07. The summed E-state index contributed by atoms with van der Waals surface area (Å²) in [5, 5.41) is 0. The first kappa shape index (κ1) is 24.1. The van der Waals surface area contributed by atoms with Crippen molar-refractivity contribution in [1.82, 2.24) is 0 Å². The Balaban J connectivity index is 0.00000576. The molecule has 0 radical (unpaired) electrons. The Kier molecular flexibility index (Phi) is 13.8. The fourth-order valence-corrected chi connectivity index (χ4v) is 4.13. The minimum atomic E-state index is 0. The quantitative estimate of drug-likeness (QED) is 0.407. The monoisotopic (exact) mass is 349 g/mol. The van der Waals surface area contributed by atoms with Gasteiger partial charge in [-0.25, -0.2) is 0 Å². The minimum absolute atomic E-state index is 0. The van der Waals surface area contributed by atoms with Gasteiger partial charge in [-0.05, 0) is 37.2 Å². The Labute approximate surface area is 156 Å². The van der Waals surface area contributed by atoms with Crippen LogP contribution in [0.1, 0.15) is 97.0 Å². The van der Waals surface area contributed by atoms with E-state index in [1.807, 2.05) is 0 Å². The third-order valence-corrected chi connectivity index (χ3v) is 5.48. The summed E-state index contributed by atoms with van der Waals surface area (Å²) in [5.41, 5.74) is 8.44. The topological polar surface area (TPSA) is 57.5 Å². The molecule has 0 aromatic heterocycles. The highest BCUT2D eigenvalue weighted by molar-refractivity contribution is 5.16. The van der Waals surface area contributed by atoms with Gasteiger partial charge in [-0.1, -0.05) is 102 Å². The normalized spacial score (nSPS) is 12.6. The highest BCUT2D eigenvalue weighted by Crippen LogP contribution is 2.33. The van der Waals surface area contributed by atoms with Crippen molar-refractivity contribution in [2.24, 2.45) is 11.7 Å². The van der Waals surface area contributed by atoms with Gasteiger partial charge in [0.1, 0.15) is 0 Å². The van der Waals surface area contributed by atoms with Gasteiger partial charge in [0.25, 0.3) is 0 Å². The van der Waals surface area contributed by atoms with Crippen molar-refractivity contribution < 1.29 is 5.48 Å². The average molecular weight is 350 g/mol. The van der Waals surface area contributed by atoms with Gasteiger partial charge >= 0.3 is 0 Å². The van der Waals surface area contributed by atoms with Crippen LogP contribution in [0.4, 0.5) is 0 Å². The number of hydrogen-bond donors (Lipinski definition) is 1. The van der Waals surface area contributed by atoms with Crippen LogP contribution in [-0.4, -0.2) is 11.0 Å². The molecule has 146 valence electrons. The second-order valence-electron chi connectivity index (χ2n) is 7.68. The van der Waals surface area contributed by atoms with Crippen LogP contribution < -0.4 is 5.73 Å². The highest BCUT2D eigenvalue weighted by Gasteiger charge is 2.32. The van der Waals surface area contributed by atoms with Crippen LogP contribution in [-0.2, 0) is 6.42 Å². The molecule has 0 saturated heterocycles. The number of rotatable bonds is 14. The van der Waals surface area contributed by atoms with Crippen molar-refractivity contribution in [2.45, 2.75) is 103 Å². The maximum atomic E-state index is 6.97. The van der Waals surface area contributed by atoms with Gasteiger partial charge in [-0.3, -0.25) is 0 Å². The van der Waals surface area contributed by atoms with Crippen LogP contribution in [0.2, 0.25) is 0 Å². The SMILES string of the molecule is CCCCCCCCC(Cc1ccccc1)C(N)(CCC)CCC.O. The van der Waals surface area contributed by atoms with Crippen LogP contribution in [0.5, 0.6) is 0 Å². The van der Waals surface area contributed by atoms with Crippen LogP contribution >= 0.6 is 0 Å². The van der Waals surface area contributed by atoms with Gasteiger partial charge < -0.3 is 11.2 Å². The standard InChI is InChI=1S/C23H41N.H2O/c1-4-7-8-9-10-14-17-22(20-21-15-12-11-13-16-21)23(24,18-5-2)19-6-3;/h11-13,15-16,22H,4-10,14,17-20,24H2,1-3H3;1H2. The molecule has 1 rings (SSSR count). The maximum Gasteiger partial charge on any atom is 0.0185 e. The lowest BCUT2D eigenvalue weighted by molar-refractivity contribution is 0.211. The zero-order valence-electron chi connectivity index (χ0n) is 17.0. The molecule has 1 unspecified atom stereocenters. The molecular formula is C23H43NO. The van der Waals surface area contributed by atoms with Gasteiger partial charge in [-0.2, -0.15) is 0 Å². The van der Waals surface area contributed by atoms with Crippen LogP contribution in [0.3, 0.4) is 0 Å². The zero-order chi connectivity index (χ0) is 17.7. The molecule has 0 heterocycles. The predicted molar refractivity (Wildman–Crippen MR) is 112 cm³/mol. The first-order valence-corrected chi connectivity index (χ1v) is 10.5. The van der Waals surface area contributed by atoms with E-state index in [4.69, 9.17) is 5.73 Å². The molecule has 0 aliphatic rings. The molecule has 0 spiro atoms. The van der Waals surface area contributed by atoms with Crippen LogP contribution in [0, 0.1) is 5.92 Å². The van der Waals surface area contributed by atoms with Gasteiger partial charge in [0, 0.05) is 5.54 Å². The van der Waals surface area contributed by atoms with Crippen molar-refractivity contribution in [3.05, 3.63) is 35.9 Å². The van der Waals surface area contributed by atoms with E-state index in [1.54, 1.807) is 0 Å². The molecule has 2 nitrogen and oxygen atoms in total. The summed E-state index contributed by atoms with van der Waals surface area (Å²) in [5.74, 6) is 0.617. The van der Waals surface area contributed by atoms with E-state index in [-0.39, 0.29) is 11.0 Å². The maximum absolute atomic E-state index is 6.97. The molecule has 0 amide bonds. The molecule has 1 aromatic carbocycles. The van der Waals surface area contributed by atoms with Crippen molar-refractivity contribution in [3.63, 3.8) is 0 Å². The smallest absolute Gasteiger partial charge is 0.0185 e. The second-order valence-corrected chi connectivity index (χ2v) is 7.68. The van der Waals surface area contributed by atoms with E-state index in [2.05, 4.69) is 51.1 Å². The Morgan fingerprint density at radius 3 is 1.92 bits per heavy atom. The molecule has 25 heavy (non-hydrogen) atoms. The summed E-state index contributed by atoms with van der Waals surface area (Å²) in [7, 11) is 0. The summed E-state index contributed by atoms with van der Waals surface area (Å²) < 4.78 is 0. The highest BCUT2D eigenvalue weighted by atomic mass is 16.0. The lowest BCUT2D eigenvalue weighted by Crippen LogP contribution is -2.48. The summed E-state index contributed by atoms with van der Waals surface area (Å²) in [6, 6.07) is 11.0. The molecular weight excluding hydrogens is 306 g/mol. The molecule has 4 N–H and O–H groups in total.